The number of hydrogen-bond donors (Lipinski definition) is 1. The highest BCUT2D eigenvalue weighted by Gasteiger charge is 2.24. The van der Waals surface area contributed by atoms with E-state index in [1.807, 2.05) is 6.08 Å². The number of rotatable bonds is 1. The van der Waals surface area contributed by atoms with Crippen LogP contribution in [-0.4, -0.2) is 17.8 Å². The lowest BCUT2D eigenvalue weighted by atomic mass is 10.2. The number of alkyl halides is 1. The Balaban J connectivity index is 2.67. The molecule has 0 aromatic carbocycles. The first-order valence-electron chi connectivity index (χ1n) is 2.91. The molecular formula is C6H9BrN2O. The first kappa shape index (κ1) is 7.75. The maximum atomic E-state index is 5.40. The largest absolute Gasteiger partial charge is 0.384 e. The lowest BCUT2D eigenvalue weighted by molar-refractivity contribution is 0.138. The Bertz CT molecular complexity index is 190. The predicted molar refractivity (Wildman–Crippen MR) is 44.0 cm³/mol. The normalized spacial score (nSPS) is 32.0. The minimum atomic E-state index is -0.435. The molecule has 2 N–H and O–H groups in total. The van der Waals surface area contributed by atoms with E-state index in [1.54, 1.807) is 13.3 Å². The topological polar surface area (TPSA) is 47.6 Å². The van der Waals surface area contributed by atoms with Crippen LogP contribution < -0.4 is 5.73 Å². The van der Waals surface area contributed by atoms with Gasteiger partial charge in [-0.3, -0.25) is 0 Å². The van der Waals surface area contributed by atoms with Crippen LogP contribution in [-0.2, 0) is 4.74 Å². The van der Waals surface area contributed by atoms with Gasteiger partial charge in [-0.2, -0.15) is 0 Å². The quantitative estimate of drug-likeness (QED) is 0.649. The third kappa shape index (κ3) is 1.58. The maximum absolute atomic E-state index is 5.40. The fourth-order valence-electron chi connectivity index (χ4n) is 0.656. The Morgan fingerprint density at radius 1 is 1.90 bits per heavy atom. The van der Waals surface area contributed by atoms with Crippen LogP contribution >= 0.6 is 15.9 Å². The molecule has 0 saturated carbocycles. The van der Waals surface area contributed by atoms with Gasteiger partial charge in [0.1, 0.15) is 5.82 Å². The molecule has 56 valence electrons. The minimum absolute atomic E-state index is 0.435. The highest BCUT2D eigenvalue weighted by atomic mass is 79.9. The molecule has 1 heterocycles. The summed E-state index contributed by atoms with van der Waals surface area (Å²) in [4.78, 5) is 3.90. The summed E-state index contributed by atoms with van der Waals surface area (Å²) in [5.41, 5.74) is 5.40. The van der Waals surface area contributed by atoms with Gasteiger partial charge in [0.25, 0.3) is 0 Å². The van der Waals surface area contributed by atoms with E-state index in [2.05, 4.69) is 20.9 Å². The minimum Gasteiger partial charge on any atom is -0.384 e. The van der Waals surface area contributed by atoms with Gasteiger partial charge >= 0.3 is 0 Å². The van der Waals surface area contributed by atoms with E-state index < -0.39 is 4.51 Å². The molecule has 3 nitrogen and oxygen atoms in total. The third-order valence-corrected chi connectivity index (χ3v) is 2.19. The lowest BCUT2D eigenvalue weighted by Crippen LogP contribution is -2.27. The van der Waals surface area contributed by atoms with Crippen LogP contribution in [0.5, 0.6) is 0 Å². The van der Waals surface area contributed by atoms with Gasteiger partial charge in [-0.15, -0.1) is 0 Å². The van der Waals surface area contributed by atoms with Gasteiger partial charge in [0.2, 0.25) is 0 Å². The van der Waals surface area contributed by atoms with E-state index in [9.17, 15) is 0 Å². The van der Waals surface area contributed by atoms with Crippen LogP contribution in [0.25, 0.3) is 0 Å². The van der Waals surface area contributed by atoms with Crippen LogP contribution in [0.3, 0.4) is 0 Å². The number of nitrogens with zero attached hydrogens (tertiary/aromatic N) is 1. The summed E-state index contributed by atoms with van der Waals surface area (Å²) in [5.74, 6) is 0.548. The molecule has 0 fully saturated rings. The number of methoxy groups -OCH3 is 1. The summed E-state index contributed by atoms with van der Waals surface area (Å²) in [6, 6.07) is 0. The molecule has 0 spiro atoms. The zero-order valence-corrected chi connectivity index (χ0v) is 7.26. The summed E-state index contributed by atoms with van der Waals surface area (Å²) in [7, 11) is 1.62. The van der Waals surface area contributed by atoms with Crippen molar-refractivity contribution in [3.8, 4) is 0 Å². The summed E-state index contributed by atoms with van der Waals surface area (Å²) in [5, 5.41) is 0. The van der Waals surface area contributed by atoms with Gasteiger partial charge in [-0.25, -0.2) is 4.99 Å². The number of aliphatic imine (C=N–C) groups is 1. The average molecular weight is 205 g/mol. The zero-order chi connectivity index (χ0) is 7.61. The zero-order valence-electron chi connectivity index (χ0n) is 5.67. The van der Waals surface area contributed by atoms with Crippen molar-refractivity contribution in [2.24, 2.45) is 10.7 Å². The van der Waals surface area contributed by atoms with Crippen molar-refractivity contribution in [3.63, 3.8) is 0 Å². The second-order valence-corrected chi connectivity index (χ2v) is 3.42. The molecule has 1 aliphatic heterocycles. The highest BCUT2D eigenvalue weighted by molar-refractivity contribution is 9.10. The molecule has 10 heavy (non-hydrogen) atoms. The van der Waals surface area contributed by atoms with Crippen molar-refractivity contribution in [3.05, 3.63) is 11.9 Å². The van der Waals surface area contributed by atoms with Crippen molar-refractivity contribution >= 4 is 22.1 Å². The number of nitrogens with two attached hydrogens (primary N) is 1. The van der Waals surface area contributed by atoms with Crippen LogP contribution in [0.4, 0.5) is 0 Å². The van der Waals surface area contributed by atoms with Gasteiger partial charge in [0.05, 0.1) is 0 Å². The van der Waals surface area contributed by atoms with Crippen molar-refractivity contribution in [2.75, 3.05) is 7.11 Å². The Kier molecular flexibility index (Phi) is 2.11. The van der Waals surface area contributed by atoms with Crippen molar-refractivity contribution < 1.29 is 4.74 Å². The van der Waals surface area contributed by atoms with Crippen molar-refractivity contribution in [2.45, 2.75) is 10.9 Å². The summed E-state index contributed by atoms with van der Waals surface area (Å²) in [6.45, 7) is 0. The Hall–Kier alpha value is -0.350. The standard InChI is InChI=1S/C6H9BrN2O/c1-10-6(7)3-2-5(8)9-4-6/h2,4H,3,8H2,1H3. The van der Waals surface area contributed by atoms with E-state index in [1.165, 1.54) is 0 Å². The second kappa shape index (κ2) is 2.72. The molecule has 1 aliphatic rings. The first-order valence-corrected chi connectivity index (χ1v) is 3.70. The number of hydrogen-bond acceptors (Lipinski definition) is 3. The van der Waals surface area contributed by atoms with Gasteiger partial charge < -0.3 is 10.5 Å². The second-order valence-electron chi connectivity index (χ2n) is 2.08. The molecule has 0 saturated heterocycles. The van der Waals surface area contributed by atoms with Gasteiger partial charge in [0, 0.05) is 19.7 Å². The fraction of sp³-hybridized carbons (Fsp3) is 0.500. The molecule has 0 aromatic rings. The van der Waals surface area contributed by atoms with Crippen molar-refractivity contribution in [1.29, 1.82) is 0 Å². The maximum Gasteiger partial charge on any atom is 0.161 e. The van der Waals surface area contributed by atoms with Gasteiger partial charge in [-0.05, 0) is 22.0 Å². The third-order valence-electron chi connectivity index (χ3n) is 1.34. The van der Waals surface area contributed by atoms with E-state index in [-0.39, 0.29) is 0 Å². The molecule has 0 bridgehead atoms. The Labute approximate surface area is 68.1 Å². The van der Waals surface area contributed by atoms with E-state index >= 15 is 0 Å². The highest BCUT2D eigenvalue weighted by Crippen LogP contribution is 2.24. The molecular weight excluding hydrogens is 196 g/mol. The van der Waals surface area contributed by atoms with Crippen LogP contribution in [0.2, 0.25) is 0 Å². The fourth-order valence-corrected chi connectivity index (χ4v) is 0.920. The molecule has 1 unspecified atom stereocenters. The molecule has 0 radical (unpaired) electrons. The van der Waals surface area contributed by atoms with Crippen LogP contribution in [0.1, 0.15) is 6.42 Å². The summed E-state index contributed by atoms with van der Waals surface area (Å²) in [6.07, 6.45) is 4.19. The molecule has 0 aromatic heterocycles. The SMILES string of the molecule is COC1(Br)C=NC(N)=CC1. The average Bonchev–Trinajstić information content (AvgIpc) is 1.96. The number of ether oxygens (including phenoxy) is 1. The van der Waals surface area contributed by atoms with Crippen LogP contribution in [0.15, 0.2) is 16.9 Å². The number of halogens is 1. The van der Waals surface area contributed by atoms with E-state index in [0.717, 1.165) is 6.42 Å². The Morgan fingerprint density at radius 3 is 3.00 bits per heavy atom. The molecule has 0 aliphatic carbocycles. The smallest absolute Gasteiger partial charge is 0.161 e. The van der Waals surface area contributed by atoms with E-state index in [0.29, 0.717) is 5.82 Å². The first-order chi connectivity index (χ1) is 4.66. The van der Waals surface area contributed by atoms with Crippen LogP contribution in [0, 0.1) is 0 Å². The monoisotopic (exact) mass is 204 g/mol. The molecule has 0 amide bonds. The van der Waals surface area contributed by atoms with E-state index in [4.69, 9.17) is 10.5 Å². The predicted octanol–water partition coefficient (Wildman–Crippen LogP) is 0.999. The van der Waals surface area contributed by atoms with Gasteiger partial charge in [0.15, 0.2) is 4.51 Å². The molecule has 1 atom stereocenters. The van der Waals surface area contributed by atoms with Gasteiger partial charge in [-0.1, -0.05) is 0 Å². The Morgan fingerprint density at radius 2 is 2.60 bits per heavy atom. The molecule has 4 heteroatoms. The summed E-state index contributed by atoms with van der Waals surface area (Å²) >= 11 is 3.35. The lowest BCUT2D eigenvalue weighted by Gasteiger charge is -2.21. The summed E-state index contributed by atoms with van der Waals surface area (Å²) < 4.78 is 4.66. The van der Waals surface area contributed by atoms with Crippen molar-refractivity contribution in [1.82, 2.24) is 0 Å². The molecule has 1 rings (SSSR count).